The number of benzene rings is 2. The maximum Gasteiger partial charge on any atom is 0.161 e. The highest BCUT2D eigenvalue weighted by Gasteiger charge is 2.40. The molecule has 0 radical (unpaired) electrons. The van der Waals surface area contributed by atoms with Crippen LogP contribution in [0.4, 0.5) is 10.1 Å². The molecule has 0 fully saturated rings. The first-order valence-electron chi connectivity index (χ1n) is 9.99. The summed E-state index contributed by atoms with van der Waals surface area (Å²) in [5, 5.41) is 9.98. The van der Waals surface area contributed by atoms with Gasteiger partial charge in [0, 0.05) is 23.4 Å². The van der Waals surface area contributed by atoms with Crippen LogP contribution in [0.3, 0.4) is 0 Å². The molecule has 2 aromatic carbocycles. The predicted octanol–water partition coefficient (Wildman–Crippen LogP) is 4.53. The Morgan fingerprint density at radius 3 is 2.50 bits per heavy atom. The molecule has 2 N–H and O–H groups in total. The van der Waals surface area contributed by atoms with Crippen molar-refractivity contribution in [1.29, 1.82) is 5.26 Å². The number of allylic oxidation sites excluding steroid dienone is 3. The van der Waals surface area contributed by atoms with Gasteiger partial charge in [-0.3, -0.25) is 9.69 Å². The highest BCUT2D eigenvalue weighted by Crippen LogP contribution is 2.46. The van der Waals surface area contributed by atoms with Gasteiger partial charge < -0.3 is 10.5 Å². The van der Waals surface area contributed by atoms with Crippen molar-refractivity contribution in [2.45, 2.75) is 32.1 Å². The summed E-state index contributed by atoms with van der Waals surface area (Å²) in [6.07, 6.45) is 1.80. The van der Waals surface area contributed by atoms with Crippen LogP contribution in [0, 0.1) is 17.1 Å². The lowest BCUT2D eigenvalue weighted by atomic mass is 9.75. The molecule has 1 atom stereocenters. The molecular formula is C24H22FN3O2. The number of Topliss-reactive ketones (excluding diaryl/α,β-unsaturated/α-hetero) is 1. The molecular weight excluding hydrogens is 381 g/mol. The molecule has 0 amide bonds. The van der Waals surface area contributed by atoms with Crippen molar-refractivity contribution in [2.24, 2.45) is 5.73 Å². The van der Waals surface area contributed by atoms with Crippen molar-refractivity contribution in [2.75, 3.05) is 11.5 Å². The van der Waals surface area contributed by atoms with Gasteiger partial charge in [-0.25, -0.2) is 4.39 Å². The summed E-state index contributed by atoms with van der Waals surface area (Å²) < 4.78 is 19.0. The Hall–Kier alpha value is -3.59. The smallest absolute Gasteiger partial charge is 0.161 e. The standard InChI is InChI=1S/C24H22FN3O2/c1-2-30-18-12-6-15(7-13-18)22-19(14-26)24(27)28(17-10-8-16(25)9-11-17)20-4-3-5-21(29)23(20)22/h6-13,22H,2-5,27H2,1H3/t22-/m0/s1. The second kappa shape index (κ2) is 8.03. The normalized spacial score (nSPS) is 18.9. The van der Waals surface area contributed by atoms with E-state index in [1.54, 1.807) is 17.0 Å². The van der Waals surface area contributed by atoms with Crippen molar-refractivity contribution in [3.05, 3.63) is 82.6 Å². The van der Waals surface area contributed by atoms with Gasteiger partial charge in [0.25, 0.3) is 0 Å². The van der Waals surface area contributed by atoms with Crippen LogP contribution in [0.25, 0.3) is 0 Å². The number of halogens is 1. The Bertz CT molecular complexity index is 1080. The number of anilines is 1. The van der Waals surface area contributed by atoms with E-state index in [9.17, 15) is 14.4 Å². The molecule has 5 nitrogen and oxygen atoms in total. The molecule has 0 bridgehead atoms. The molecule has 0 spiro atoms. The molecule has 30 heavy (non-hydrogen) atoms. The molecule has 0 unspecified atom stereocenters. The number of hydrogen-bond donors (Lipinski definition) is 1. The molecule has 1 aliphatic heterocycles. The van der Waals surface area contributed by atoms with Gasteiger partial charge in [0.05, 0.1) is 24.2 Å². The molecule has 1 heterocycles. The number of ketones is 1. The van der Waals surface area contributed by atoms with Gasteiger partial charge in [-0.1, -0.05) is 12.1 Å². The number of nitrogens with two attached hydrogens (primary N) is 1. The summed E-state index contributed by atoms with van der Waals surface area (Å²) in [6, 6.07) is 15.6. The number of nitriles is 1. The lowest BCUT2D eigenvalue weighted by Gasteiger charge is -2.39. The van der Waals surface area contributed by atoms with E-state index in [0.717, 1.165) is 17.0 Å². The number of carbonyl (C=O) groups excluding carboxylic acids is 1. The van der Waals surface area contributed by atoms with Crippen LogP contribution in [-0.2, 0) is 4.79 Å². The van der Waals surface area contributed by atoms with Crippen molar-refractivity contribution >= 4 is 11.5 Å². The quantitative estimate of drug-likeness (QED) is 0.811. The van der Waals surface area contributed by atoms with Crippen LogP contribution >= 0.6 is 0 Å². The lowest BCUT2D eigenvalue weighted by molar-refractivity contribution is -0.116. The number of nitrogens with zero attached hydrogens (tertiary/aromatic N) is 2. The van der Waals surface area contributed by atoms with Gasteiger partial charge in [-0.05, 0) is 61.7 Å². The molecule has 0 saturated heterocycles. The summed E-state index contributed by atoms with van der Waals surface area (Å²) >= 11 is 0. The monoisotopic (exact) mass is 403 g/mol. The number of rotatable bonds is 4. The summed E-state index contributed by atoms with van der Waals surface area (Å²) in [5.74, 6) is 0.133. The number of hydrogen-bond acceptors (Lipinski definition) is 5. The Morgan fingerprint density at radius 1 is 1.17 bits per heavy atom. The first-order valence-corrected chi connectivity index (χ1v) is 9.99. The van der Waals surface area contributed by atoms with Crippen LogP contribution in [0.15, 0.2) is 71.2 Å². The zero-order valence-corrected chi connectivity index (χ0v) is 16.7. The Balaban J connectivity index is 1.88. The summed E-state index contributed by atoms with van der Waals surface area (Å²) in [4.78, 5) is 14.8. The van der Waals surface area contributed by atoms with E-state index in [1.165, 1.54) is 12.1 Å². The third kappa shape index (κ3) is 3.33. The maximum atomic E-state index is 13.5. The van der Waals surface area contributed by atoms with E-state index in [-0.39, 0.29) is 17.4 Å². The minimum atomic E-state index is -0.523. The average molecular weight is 403 g/mol. The second-order valence-corrected chi connectivity index (χ2v) is 7.29. The third-order valence-corrected chi connectivity index (χ3v) is 5.52. The van der Waals surface area contributed by atoms with Crippen molar-refractivity contribution < 1.29 is 13.9 Å². The van der Waals surface area contributed by atoms with E-state index in [1.807, 2.05) is 31.2 Å². The Morgan fingerprint density at radius 2 is 1.87 bits per heavy atom. The van der Waals surface area contributed by atoms with Gasteiger partial charge >= 0.3 is 0 Å². The Kier molecular flexibility index (Phi) is 5.28. The van der Waals surface area contributed by atoms with E-state index in [2.05, 4.69) is 6.07 Å². The molecule has 2 aliphatic rings. The van der Waals surface area contributed by atoms with Crippen molar-refractivity contribution in [3.8, 4) is 11.8 Å². The largest absolute Gasteiger partial charge is 0.494 e. The molecule has 6 heteroatoms. The second-order valence-electron chi connectivity index (χ2n) is 7.29. The predicted molar refractivity (Wildman–Crippen MR) is 112 cm³/mol. The minimum absolute atomic E-state index is 0.0162. The zero-order valence-electron chi connectivity index (χ0n) is 16.7. The molecule has 4 rings (SSSR count). The van der Waals surface area contributed by atoms with Crippen LogP contribution in [0.1, 0.15) is 37.7 Å². The van der Waals surface area contributed by atoms with E-state index in [0.29, 0.717) is 42.7 Å². The molecule has 152 valence electrons. The van der Waals surface area contributed by atoms with Gasteiger partial charge in [0.15, 0.2) is 5.78 Å². The van der Waals surface area contributed by atoms with Crippen molar-refractivity contribution in [1.82, 2.24) is 0 Å². The van der Waals surface area contributed by atoms with Crippen LogP contribution in [0.5, 0.6) is 5.75 Å². The Labute approximate surface area is 174 Å². The fraction of sp³-hybridized carbons (Fsp3) is 0.250. The van der Waals surface area contributed by atoms with Gasteiger partial charge in [0.2, 0.25) is 0 Å². The summed E-state index contributed by atoms with van der Waals surface area (Å²) in [6.45, 7) is 2.47. The van der Waals surface area contributed by atoms with E-state index < -0.39 is 5.92 Å². The molecule has 0 saturated carbocycles. The first kappa shape index (κ1) is 19.7. The summed E-state index contributed by atoms with van der Waals surface area (Å²) in [5.41, 5.74) is 9.63. The van der Waals surface area contributed by atoms with Crippen LogP contribution < -0.4 is 15.4 Å². The van der Waals surface area contributed by atoms with Crippen LogP contribution in [0.2, 0.25) is 0 Å². The van der Waals surface area contributed by atoms with E-state index in [4.69, 9.17) is 10.5 Å². The number of carbonyl (C=O) groups is 1. The maximum absolute atomic E-state index is 13.5. The molecule has 2 aromatic rings. The van der Waals surface area contributed by atoms with Crippen molar-refractivity contribution in [3.63, 3.8) is 0 Å². The third-order valence-electron chi connectivity index (χ3n) is 5.52. The first-order chi connectivity index (χ1) is 14.5. The summed E-state index contributed by atoms with van der Waals surface area (Å²) in [7, 11) is 0. The highest BCUT2D eigenvalue weighted by atomic mass is 19.1. The fourth-order valence-corrected chi connectivity index (χ4v) is 4.23. The van der Waals surface area contributed by atoms with E-state index >= 15 is 0 Å². The molecule has 1 aliphatic carbocycles. The highest BCUT2D eigenvalue weighted by molar-refractivity contribution is 6.01. The van der Waals surface area contributed by atoms with Gasteiger partial charge in [-0.15, -0.1) is 0 Å². The number of ether oxygens (including phenoxy) is 1. The fourth-order valence-electron chi connectivity index (χ4n) is 4.23. The van der Waals surface area contributed by atoms with Crippen LogP contribution in [-0.4, -0.2) is 12.4 Å². The molecule has 0 aromatic heterocycles. The average Bonchev–Trinajstić information content (AvgIpc) is 2.75. The zero-order chi connectivity index (χ0) is 21.3. The van der Waals surface area contributed by atoms with Gasteiger partial charge in [-0.2, -0.15) is 5.26 Å². The van der Waals surface area contributed by atoms with Gasteiger partial charge in [0.1, 0.15) is 17.4 Å². The SMILES string of the molecule is CCOc1ccc([C@H]2C(C#N)=C(N)N(c3ccc(F)cc3)C3=C2C(=O)CCC3)cc1. The minimum Gasteiger partial charge on any atom is -0.494 e. The topological polar surface area (TPSA) is 79.3 Å². The lowest BCUT2D eigenvalue weighted by Crippen LogP contribution is -2.38.